The fourth-order valence-electron chi connectivity index (χ4n) is 3.00. The van der Waals surface area contributed by atoms with Crippen LogP contribution in [-0.2, 0) is 11.3 Å². The van der Waals surface area contributed by atoms with Gasteiger partial charge in [0.05, 0.1) is 6.26 Å². The van der Waals surface area contributed by atoms with E-state index in [0.717, 1.165) is 24.9 Å². The largest absolute Gasteiger partial charge is 0.459 e. The molecule has 1 aliphatic rings. The van der Waals surface area contributed by atoms with E-state index >= 15 is 0 Å². The number of hydrogen-bond acceptors (Lipinski definition) is 3. The number of amides is 2. The van der Waals surface area contributed by atoms with Gasteiger partial charge < -0.3 is 14.6 Å². The molecular weight excluding hydrogens is 304 g/mol. The highest BCUT2D eigenvalue weighted by atomic mass is 16.3. The highest BCUT2D eigenvalue weighted by Gasteiger charge is 2.23. The molecule has 1 aromatic carbocycles. The zero-order valence-corrected chi connectivity index (χ0v) is 13.6. The number of likely N-dealkylation sites (tertiary alicyclic amines) is 1. The lowest BCUT2D eigenvalue weighted by molar-refractivity contribution is -0.131. The van der Waals surface area contributed by atoms with Crippen molar-refractivity contribution in [1.82, 2.24) is 10.2 Å². The van der Waals surface area contributed by atoms with E-state index in [2.05, 4.69) is 5.32 Å². The quantitative estimate of drug-likeness (QED) is 0.919. The smallest absolute Gasteiger partial charge is 0.286 e. The fourth-order valence-corrected chi connectivity index (χ4v) is 3.00. The van der Waals surface area contributed by atoms with Crippen LogP contribution < -0.4 is 5.32 Å². The molecule has 0 radical (unpaired) electrons. The van der Waals surface area contributed by atoms with Crippen molar-refractivity contribution in [2.45, 2.75) is 25.8 Å². The Labute approximate surface area is 141 Å². The van der Waals surface area contributed by atoms with Gasteiger partial charge in [-0.3, -0.25) is 9.59 Å². The summed E-state index contributed by atoms with van der Waals surface area (Å²) in [4.78, 5) is 26.2. The lowest BCUT2D eigenvalue weighted by Crippen LogP contribution is -2.31. The van der Waals surface area contributed by atoms with Crippen LogP contribution in [0.1, 0.15) is 35.4 Å². The van der Waals surface area contributed by atoms with Crippen LogP contribution in [-0.4, -0.2) is 29.8 Å². The minimum absolute atomic E-state index is 0.193. The van der Waals surface area contributed by atoms with Crippen LogP contribution in [0, 0.1) is 5.92 Å². The number of nitrogens with one attached hydrogen (secondary N) is 1. The summed E-state index contributed by atoms with van der Waals surface area (Å²) in [5.74, 6) is 0.634. The van der Waals surface area contributed by atoms with Gasteiger partial charge in [0.15, 0.2) is 5.76 Å². The first kappa shape index (κ1) is 16.3. The van der Waals surface area contributed by atoms with Gasteiger partial charge in [-0.15, -0.1) is 0 Å². The summed E-state index contributed by atoms with van der Waals surface area (Å²) in [6, 6.07) is 13.4. The first-order valence-corrected chi connectivity index (χ1v) is 8.36. The third-order valence-corrected chi connectivity index (χ3v) is 4.44. The van der Waals surface area contributed by atoms with Gasteiger partial charge in [0.25, 0.3) is 5.91 Å². The van der Waals surface area contributed by atoms with Crippen LogP contribution in [0.3, 0.4) is 0 Å². The molecule has 24 heavy (non-hydrogen) atoms. The van der Waals surface area contributed by atoms with Gasteiger partial charge in [0.2, 0.25) is 5.91 Å². The maximum atomic E-state index is 12.3. The van der Waals surface area contributed by atoms with Gasteiger partial charge in [-0.25, -0.2) is 0 Å². The van der Waals surface area contributed by atoms with Gasteiger partial charge in [-0.05, 0) is 36.5 Å². The highest BCUT2D eigenvalue weighted by Crippen LogP contribution is 2.19. The summed E-state index contributed by atoms with van der Waals surface area (Å²) >= 11 is 0. The van der Waals surface area contributed by atoms with Gasteiger partial charge in [-0.2, -0.15) is 0 Å². The second-order valence-electron chi connectivity index (χ2n) is 6.18. The van der Waals surface area contributed by atoms with Crippen molar-refractivity contribution in [2.24, 2.45) is 5.92 Å². The van der Waals surface area contributed by atoms with Crippen LogP contribution >= 0.6 is 0 Å². The van der Waals surface area contributed by atoms with Crippen molar-refractivity contribution < 1.29 is 14.0 Å². The lowest BCUT2D eigenvalue weighted by Gasteiger charge is -2.21. The van der Waals surface area contributed by atoms with Crippen LogP contribution in [0.5, 0.6) is 0 Å². The van der Waals surface area contributed by atoms with E-state index in [1.807, 2.05) is 35.2 Å². The number of nitrogens with zero attached hydrogens (tertiary/aromatic N) is 1. The predicted octanol–water partition coefficient (Wildman–Crippen LogP) is 2.84. The Kier molecular flexibility index (Phi) is 5.31. The SMILES string of the molecule is O=C(NCC1CCC(=O)N(Cc2ccccc2)CC1)c1ccco1. The normalized spacial score (nSPS) is 18.2. The Balaban J connectivity index is 1.50. The molecule has 5 heteroatoms. The Morgan fingerprint density at radius 3 is 2.75 bits per heavy atom. The summed E-state index contributed by atoms with van der Waals surface area (Å²) in [5.41, 5.74) is 1.15. The van der Waals surface area contributed by atoms with Crippen molar-refractivity contribution in [3.63, 3.8) is 0 Å². The topological polar surface area (TPSA) is 62.6 Å². The second-order valence-corrected chi connectivity index (χ2v) is 6.18. The number of rotatable bonds is 5. The van der Waals surface area contributed by atoms with Crippen LogP contribution in [0.25, 0.3) is 0 Å². The molecule has 0 spiro atoms. The molecule has 126 valence electrons. The number of carbonyl (C=O) groups is 2. The molecule has 1 saturated heterocycles. The van der Waals surface area contributed by atoms with Crippen molar-refractivity contribution in [1.29, 1.82) is 0 Å². The molecular formula is C19H22N2O3. The Morgan fingerprint density at radius 2 is 2.00 bits per heavy atom. The zero-order chi connectivity index (χ0) is 16.8. The van der Waals surface area contributed by atoms with E-state index in [9.17, 15) is 9.59 Å². The molecule has 1 atom stereocenters. The first-order valence-electron chi connectivity index (χ1n) is 8.36. The maximum Gasteiger partial charge on any atom is 0.286 e. The van der Waals surface area contributed by atoms with E-state index in [1.54, 1.807) is 12.1 Å². The molecule has 1 N–H and O–H groups in total. The zero-order valence-electron chi connectivity index (χ0n) is 13.6. The van der Waals surface area contributed by atoms with Gasteiger partial charge in [-0.1, -0.05) is 30.3 Å². The summed E-state index contributed by atoms with van der Waals surface area (Å²) in [7, 11) is 0. The van der Waals surface area contributed by atoms with Gasteiger partial charge in [0, 0.05) is 26.1 Å². The van der Waals surface area contributed by atoms with Crippen LogP contribution in [0.15, 0.2) is 53.1 Å². The molecule has 1 aliphatic heterocycles. The van der Waals surface area contributed by atoms with Crippen molar-refractivity contribution in [2.75, 3.05) is 13.1 Å². The highest BCUT2D eigenvalue weighted by molar-refractivity contribution is 5.91. The van der Waals surface area contributed by atoms with E-state index < -0.39 is 0 Å². The number of furan rings is 1. The molecule has 2 heterocycles. The molecule has 0 aliphatic carbocycles. The summed E-state index contributed by atoms with van der Waals surface area (Å²) in [6.07, 6.45) is 3.73. The monoisotopic (exact) mass is 326 g/mol. The van der Waals surface area contributed by atoms with Gasteiger partial charge in [0.1, 0.15) is 0 Å². The third-order valence-electron chi connectivity index (χ3n) is 4.44. The van der Waals surface area contributed by atoms with Crippen LogP contribution in [0.4, 0.5) is 0 Å². The third kappa shape index (κ3) is 4.25. The molecule has 0 saturated carbocycles. The molecule has 1 fully saturated rings. The number of benzene rings is 1. The fraction of sp³-hybridized carbons (Fsp3) is 0.368. The van der Waals surface area contributed by atoms with Crippen molar-refractivity contribution >= 4 is 11.8 Å². The molecule has 0 bridgehead atoms. The second kappa shape index (κ2) is 7.81. The van der Waals surface area contributed by atoms with E-state index in [0.29, 0.717) is 31.2 Å². The average Bonchev–Trinajstić information content (AvgIpc) is 3.09. The Bertz CT molecular complexity index is 667. The van der Waals surface area contributed by atoms with Crippen molar-refractivity contribution in [3.8, 4) is 0 Å². The minimum atomic E-state index is -0.197. The van der Waals surface area contributed by atoms with E-state index in [1.165, 1.54) is 6.26 Å². The molecule has 1 unspecified atom stereocenters. The number of carbonyl (C=O) groups excluding carboxylic acids is 2. The van der Waals surface area contributed by atoms with E-state index in [4.69, 9.17) is 4.42 Å². The maximum absolute atomic E-state index is 12.3. The standard InChI is InChI=1S/C19H22N2O3/c22-18-9-8-15(13-20-19(23)17-7-4-12-24-17)10-11-21(18)14-16-5-2-1-3-6-16/h1-7,12,15H,8-11,13-14H2,(H,20,23). The number of hydrogen-bond donors (Lipinski definition) is 1. The van der Waals surface area contributed by atoms with Gasteiger partial charge >= 0.3 is 0 Å². The molecule has 3 rings (SSSR count). The summed E-state index contributed by atoms with van der Waals surface area (Å²) < 4.78 is 5.09. The minimum Gasteiger partial charge on any atom is -0.459 e. The predicted molar refractivity (Wildman–Crippen MR) is 90.2 cm³/mol. The molecule has 2 aromatic rings. The molecule has 1 aromatic heterocycles. The van der Waals surface area contributed by atoms with Crippen LogP contribution in [0.2, 0.25) is 0 Å². The Hall–Kier alpha value is -2.56. The Morgan fingerprint density at radius 1 is 1.17 bits per heavy atom. The summed E-state index contributed by atoms with van der Waals surface area (Å²) in [5, 5.41) is 2.90. The average molecular weight is 326 g/mol. The lowest BCUT2D eigenvalue weighted by atomic mass is 10.0. The summed E-state index contributed by atoms with van der Waals surface area (Å²) in [6.45, 7) is 1.96. The molecule has 5 nitrogen and oxygen atoms in total. The van der Waals surface area contributed by atoms with Crippen molar-refractivity contribution in [3.05, 3.63) is 60.1 Å². The molecule has 2 amide bonds. The first-order chi connectivity index (χ1) is 11.7. The van der Waals surface area contributed by atoms with E-state index in [-0.39, 0.29) is 11.8 Å².